The van der Waals surface area contributed by atoms with Crippen molar-refractivity contribution < 1.29 is 9.53 Å². The highest BCUT2D eigenvalue weighted by Gasteiger charge is 2.19. The largest absolute Gasteiger partial charge is 0.497 e. The molecule has 4 rings (SSSR count). The van der Waals surface area contributed by atoms with Gasteiger partial charge in [-0.2, -0.15) is 5.10 Å². The molecule has 0 saturated carbocycles. The van der Waals surface area contributed by atoms with Crippen LogP contribution in [0.4, 0.5) is 5.69 Å². The summed E-state index contributed by atoms with van der Waals surface area (Å²) in [6.45, 7) is 4.84. The van der Waals surface area contributed by atoms with Crippen molar-refractivity contribution in [1.82, 2.24) is 19.3 Å². The van der Waals surface area contributed by atoms with E-state index < -0.39 is 0 Å². The first-order chi connectivity index (χ1) is 16.5. The van der Waals surface area contributed by atoms with Crippen LogP contribution in [0, 0.1) is 6.92 Å². The zero-order chi connectivity index (χ0) is 24.1. The Hall–Kier alpha value is -3.59. The number of methoxy groups -OCH3 is 1. The molecule has 0 spiro atoms. The molecule has 176 valence electrons. The topological polar surface area (TPSA) is 91.0 Å². The summed E-state index contributed by atoms with van der Waals surface area (Å²) >= 11 is 1.25. The molecule has 2 aromatic heterocycles. The number of nitrogens with zero attached hydrogens (tertiary/aromatic N) is 4. The maximum atomic E-state index is 13.5. The first-order valence-electron chi connectivity index (χ1n) is 11.1. The number of amides is 1. The summed E-state index contributed by atoms with van der Waals surface area (Å²) in [7, 11) is 1.59. The SMILES string of the molecule is CCn1nc(C)c2nc(SCC(=O)Nc3ccc(OC)cc3)n(CCc3ccccc3)c(=O)c21. The van der Waals surface area contributed by atoms with E-state index in [0.29, 0.717) is 47.1 Å². The van der Waals surface area contributed by atoms with Crippen molar-refractivity contribution in [2.45, 2.75) is 38.5 Å². The summed E-state index contributed by atoms with van der Waals surface area (Å²) in [5.74, 6) is 0.659. The quantitative estimate of drug-likeness (QED) is 0.290. The zero-order valence-corrected chi connectivity index (χ0v) is 20.3. The second-order valence-corrected chi connectivity index (χ2v) is 8.69. The number of benzene rings is 2. The summed E-state index contributed by atoms with van der Waals surface area (Å²) < 4.78 is 8.51. The van der Waals surface area contributed by atoms with Gasteiger partial charge in [0.15, 0.2) is 10.7 Å². The number of fused-ring (bicyclic) bond motifs is 1. The molecular formula is C25H27N5O3S. The number of anilines is 1. The monoisotopic (exact) mass is 477 g/mol. The van der Waals surface area contributed by atoms with Crippen LogP contribution in [0.25, 0.3) is 11.0 Å². The summed E-state index contributed by atoms with van der Waals surface area (Å²) in [6, 6.07) is 17.1. The van der Waals surface area contributed by atoms with Gasteiger partial charge in [0.2, 0.25) is 5.91 Å². The Balaban J connectivity index is 1.59. The van der Waals surface area contributed by atoms with E-state index in [-0.39, 0.29) is 17.2 Å². The molecule has 0 aliphatic rings. The fourth-order valence-corrected chi connectivity index (χ4v) is 4.53. The molecule has 34 heavy (non-hydrogen) atoms. The van der Waals surface area contributed by atoms with E-state index in [9.17, 15) is 9.59 Å². The molecule has 0 atom stereocenters. The molecular weight excluding hydrogens is 450 g/mol. The molecule has 4 aromatic rings. The fraction of sp³-hybridized carbons (Fsp3) is 0.280. The highest BCUT2D eigenvalue weighted by Crippen LogP contribution is 2.21. The van der Waals surface area contributed by atoms with Crippen molar-refractivity contribution in [3.8, 4) is 5.75 Å². The predicted octanol–water partition coefficient (Wildman–Crippen LogP) is 3.90. The molecule has 0 bridgehead atoms. The van der Waals surface area contributed by atoms with E-state index in [1.807, 2.05) is 44.2 Å². The standard InChI is InChI=1S/C25H27N5O3S/c1-4-30-23-22(17(2)28-30)27-25(29(24(23)32)15-14-18-8-6-5-7-9-18)34-16-21(31)26-19-10-12-20(33-3)13-11-19/h5-13H,4,14-16H2,1-3H3,(H,26,31). The Bertz CT molecular complexity index is 1350. The van der Waals surface area contributed by atoms with Crippen molar-refractivity contribution in [2.75, 3.05) is 18.2 Å². The number of ether oxygens (including phenoxy) is 1. The number of nitrogens with one attached hydrogen (secondary N) is 1. The minimum atomic E-state index is -0.180. The summed E-state index contributed by atoms with van der Waals surface area (Å²) in [6.07, 6.45) is 0.679. The van der Waals surface area contributed by atoms with Gasteiger partial charge in [0.1, 0.15) is 11.3 Å². The summed E-state index contributed by atoms with van der Waals surface area (Å²) in [5.41, 5.74) is 3.45. The predicted molar refractivity (Wildman–Crippen MR) is 135 cm³/mol. The third kappa shape index (κ3) is 5.14. The van der Waals surface area contributed by atoms with Gasteiger partial charge in [-0.15, -0.1) is 0 Å². The first kappa shape index (κ1) is 23.6. The van der Waals surface area contributed by atoms with Gasteiger partial charge in [-0.3, -0.25) is 18.8 Å². The lowest BCUT2D eigenvalue weighted by Gasteiger charge is -2.13. The molecule has 2 aromatic carbocycles. The smallest absolute Gasteiger partial charge is 0.280 e. The summed E-state index contributed by atoms with van der Waals surface area (Å²) in [5, 5.41) is 7.86. The normalized spacial score (nSPS) is 11.0. The van der Waals surface area contributed by atoms with Crippen LogP contribution in [-0.4, -0.2) is 38.1 Å². The van der Waals surface area contributed by atoms with E-state index in [1.54, 1.807) is 40.6 Å². The van der Waals surface area contributed by atoms with Gasteiger partial charge >= 0.3 is 0 Å². The van der Waals surface area contributed by atoms with E-state index in [1.165, 1.54) is 11.8 Å². The van der Waals surface area contributed by atoms with E-state index in [4.69, 9.17) is 9.72 Å². The minimum Gasteiger partial charge on any atom is -0.497 e. The molecule has 1 amide bonds. The van der Waals surface area contributed by atoms with Crippen molar-refractivity contribution in [3.63, 3.8) is 0 Å². The van der Waals surface area contributed by atoms with Gasteiger partial charge in [0.05, 0.1) is 18.6 Å². The number of carbonyl (C=O) groups is 1. The molecule has 9 heteroatoms. The molecule has 0 aliphatic carbocycles. The van der Waals surface area contributed by atoms with Gasteiger partial charge in [-0.05, 0) is 50.1 Å². The Morgan fingerprint density at radius 2 is 1.85 bits per heavy atom. The first-order valence-corrected chi connectivity index (χ1v) is 12.1. The highest BCUT2D eigenvalue weighted by molar-refractivity contribution is 7.99. The van der Waals surface area contributed by atoms with Crippen LogP contribution in [0.1, 0.15) is 18.2 Å². The van der Waals surface area contributed by atoms with Crippen LogP contribution in [0.3, 0.4) is 0 Å². The maximum Gasteiger partial charge on any atom is 0.280 e. The molecule has 0 fully saturated rings. The van der Waals surface area contributed by atoms with Crippen LogP contribution in [0.5, 0.6) is 5.75 Å². The van der Waals surface area contributed by atoms with Crippen LogP contribution < -0.4 is 15.6 Å². The number of aryl methyl sites for hydroxylation is 3. The second-order valence-electron chi connectivity index (χ2n) is 7.75. The van der Waals surface area contributed by atoms with Gasteiger partial charge in [-0.25, -0.2) is 4.98 Å². The zero-order valence-electron chi connectivity index (χ0n) is 19.4. The van der Waals surface area contributed by atoms with E-state index in [2.05, 4.69) is 10.4 Å². The van der Waals surface area contributed by atoms with Crippen LogP contribution in [0.15, 0.2) is 64.5 Å². The number of hydrogen-bond donors (Lipinski definition) is 1. The Labute approximate surface area is 202 Å². The highest BCUT2D eigenvalue weighted by atomic mass is 32.2. The molecule has 0 unspecified atom stereocenters. The van der Waals surface area contributed by atoms with Crippen LogP contribution >= 0.6 is 11.8 Å². The van der Waals surface area contributed by atoms with Crippen LogP contribution in [0.2, 0.25) is 0 Å². The molecule has 0 saturated heterocycles. The van der Waals surface area contributed by atoms with E-state index in [0.717, 1.165) is 11.3 Å². The molecule has 2 heterocycles. The van der Waals surface area contributed by atoms with Gasteiger partial charge in [0, 0.05) is 18.8 Å². The lowest BCUT2D eigenvalue weighted by Crippen LogP contribution is -2.26. The molecule has 1 N–H and O–H groups in total. The Morgan fingerprint density at radius 3 is 2.53 bits per heavy atom. The molecule has 0 radical (unpaired) electrons. The van der Waals surface area contributed by atoms with Gasteiger partial charge < -0.3 is 10.1 Å². The van der Waals surface area contributed by atoms with Crippen molar-refractivity contribution in [1.29, 1.82) is 0 Å². The average molecular weight is 478 g/mol. The third-order valence-corrected chi connectivity index (χ3v) is 6.43. The number of carbonyl (C=O) groups excluding carboxylic acids is 1. The molecule has 8 nitrogen and oxygen atoms in total. The minimum absolute atomic E-state index is 0.121. The van der Waals surface area contributed by atoms with Crippen molar-refractivity contribution in [2.24, 2.45) is 0 Å². The molecule has 0 aliphatic heterocycles. The summed E-state index contributed by atoms with van der Waals surface area (Å²) in [4.78, 5) is 30.9. The number of thioether (sulfide) groups is 1. The van der Waals surface area contributed by atoms with E-state index >= 15 is 0 Å². The lowest BCUT2D eigenvalue weighted by molar-refractivity contribution is -0.113. The number of aromatic nitrogens is 4. The Kier molecular flexibility index (Phi) is 7.32. The lowest BCUT2D eigenvalue weighted by atomic mass is 10.1. The van der Waals surface area contributed by atoms with Crippen molar-refractivity contribution in [3.05, 3.63) is 76.2 Å². The van der Waals surface area contributed by atoms with Gasteiger partial charge in [-0.1, -0.05) is 42.1 Å². The van der Waals surface area contributed by atoms with Gasteiger partial charge in [0.25, 0.3) is 5.56 Å². The number of hydrogen-bond acceptors (Lipinski definition) is 6. The maximum absolute atomic E-state index is 13.5. The third-order valence-electron chi connectivity index (χ3n) is 5.45. The Morgan fingerprint density at radius 1 is 1.12 bits per heavy atom. The number of rotatable bonds is 9. The second kappa shape index (κ2) is 10.6. The average Bonchev–Trinajstić information content (AvgIpc) is 3.19. The fourth-order valence-electron chi connectivity index (χ4n) is 3.71. The van der Waals surface area contributed by atoms with Crippen LogP contribution in [-0.2, 0) is 24.3 Å². The van der Waals surface area contributed by atoms with Crippen molar-refractivity contribution >= 4 is 34.4 Å².